The molecule has 6 heteroatoms. The van der Waals surface area contributed by atoms with Gasteiger partial charge in [-0.1, -0.05) is 24.3 Å². The van der Waals surface area contributed by atoms with Crippen molar-refractivity contribution in [2.24, 2.45) is 0 Å². The number of carboxylic acid groups (broad SMARTS) is 1. The average Bonchev–Trinajstić information content (AvgIpc) is 2.37. The van der Waals surface area contributed by atoms with Gasteiger partial charge in [0.05, 0.1) is 13.7 Å². The summed E-state index contributed by atoms with van der Waals surface area (Å²) in [6.07, 6.45) is -1.33. The Balaban J connectivity index is 2.56. The summed E-state index contributed by atoms with van der Waals surface area (Å²) >= 11 is 0. The largest absolute Gasteiger partial charge is 0.467 e. The van der Waals surface area contributed by atoms with Crippen LogP contribution in [0.15, 0.2) is 24.3 Å². The topological polar surface area (TPSA) is 83.9 Å². The maximum absolute atomic E-state index is 11.8. The summed E-state index contributed by atoms with van der Waals surface area (Å²) in [5, 5.41) is 9.06. The third-order valence-corrected chi connectivity index (χ3v) is 2.85. The molecule has 0 fully saturated rings. The van der Waals surface area contributed by atoms with E-state index in [1.807, 2.05) is 0 Å². The van der Waals surface area contributed by atoms with E-state index in [1.165, 1.54) is 7.11 Å². The molecule has 1 aliphatic rings. The second-order valence-corrected chi connectivity index (χ2v) is 3.85. The Morgan fingerprint density at radius 2 is 2.06 bits per heavy atom. The van der Waals surface area contributed by atoms with Crippen LogP contribution in [0.3, 0.4) is 0 Å². The minimum absolute atomic E-state index is 0.326. The average molecular weight is 249 g/mol. The number of ether oxygens (including phenoxy) is 1. The molecule has 18 heavy (non-hydrogen) atoms. The lowest BCUT2D eigenvalue weighted by Crippen LogP contribution is -2.45. The molecule has 0 radical (unpaired) electrons. The fourth-order valence-corrected chi connectivity index (χ4v) is 2.03. The standard InChI is InChI=1S/C12H11NO5/c1-18-11(15)10-8-5-3-2-4-7(8)9(14)6-13(10)12(16)17/h2-5,10H,6H2,1H3,(H,16,17). The molecule has 1 aliphatic heterocycles. The van der Waals surface area contributed by atoms with Gasteiger partial charge in [-0.3, -0.25) is 9.69 Å². The quantitative estimate of drug-likeness (QED) is 0.753. The van der Waals surface area contributed by atoms with Crippen molar-refractivity contribution < 1.29 is 24.2 Å². The van der Waals surface area contributed by atoms with Gasteiger partial charge in [-0.05, 0) is 5.56 Å². The summed E-state index contributed by atoms with van der Waals surface area (Å²) < 4.78 is 4.61. The first kappa shape index (κ1) is 12.1. The molecule has 0 saturated heterocycles. The lowest BCUT2D eigenvalue weighted by atomic mass is 9.92. The van der Waals surface area contributed by atoms with E-state index in [9.17, 15) is 14.4 Å². The number of hydrogen-bond acceptors (Lipinski definition) is 4. The van der Waals surface area contributed by atoms with Crippen molar-refractivity contribution in [3.05, 3.63) is 35.4 Å². The van der Waals surface area contributed by atoms with E-state index < -0.39 is 18.1 Å². The molecule has 1 N–H and O–H groups in total. The molecule has 1 heterocycles. The van der Waals surface area contributed by atoms with Crippen LogP contribution in [0.5, 0.6) is 0 Å². The summed E-state index contributed by atoms with van der Waals surface area (Å²) in [6.45, 7) is -0.341. The zero-order chi connectivity index (χ0) is 13.3. The maximum atomic E-state index is 11.8. The molecule has 0 spiro atoms. The van der Waals surface area contributed by atoms with E-state index in [0.29, 0.717) is 11.1 Å². The fourth-order valence-electron chi connectivity index (χ4n) is 2.03. The summed E-state index contributed by atoms with van der Waals surface area (Å²) in [5.41, 5.74) is 0.730. The Kier molecular flexibility index (Phi) is 3.01. The predicted molar refractivity (Wildman–Crippen MR) is 60.3 cm³/mol. The summed E-state index contributed by atoms with van der Waals surface area (Å²) in [7, 11) is 1.18. The normalized spacial score (nSPS) is 18.2. The van der Waals surface area contributed by atoms with E-state index in [1.54, 1.807) is 24.3 Å². The van der Waals surface area contributed by atoms with Gasteiger partial charge in [-0.15, -0.1) is 0 Å². The van der Waals surface area contributed by atoms with Crippen molar-refractivity contribution in [1.82, 2.24) is 4.90 Å². The van der Waals surface area contributed by atoms with Crippen LogP contribution in [0.1, 0.15) is 22.0 Å². The van der Waals surface area contributed by atoms with Crippen LogP contribution < -0.4 is 0 Å². The first-order chi connectivity index (χ1) is 8.56. The van der Waals surface area contributed by atoms with Crippen molar-refractivity contribution in [2.75, 3.05) is 13.7 Å². The zero-order valence-corrected chi connectivity index (χ0v) is 9.62. The number of carbonyl (C=O) groups excluding carboxylic acids is 2. The Morgan fingerprint density at radius 1 is 1.39 bits per heavy atom. The number of amides is 1. The van der Waals surface area contributed by atoms with E-state index >= 15 is 0 Å². The highest BCUT2D eigenvalue weighted by molar-refractivity contribution is 6.04. The van der Waals surface area contributed by atoms with Gasteiger partial charge in [0.25, 0.3) is 0 Å². The minimum atomic E-state index is -1.33. The molecule has 0 bridgehead atoms. The molecule has 0 aliphatic carbocycles. The Morgan fingerprint density at radius 3 is 2.67 bits per heavy atom. The minimum Gasteiger partial charge on any atom is -0.467 e. The van der Waals surface area contributed by atoms with Crippen LogP contribution in [0.2, 0.25) is 0 Å². The van der Waals surface area contributed by atoms with Gasteiger partial charge in [0.15, 0.2) is 11.8 Å². The molecule has 1 aromatic carbocycles. The molecular formula is C12H11NO5. The van der Waals surface area contributed by atoms with Crippen molar-refractivity contribution in [3.8, 4) is 0 Å². The van der Waals surface area contributed by atoms with Gasteiger partial charge in [-0.2, -0.15) is 0 Å². The van der Waals surface area contributed by atoms with Gasteiger partial charge in [0, 0.05) is 5.56 Å². The lowest BCUT2D eigenvalue weighted by molar-refractivity contribution is -0.146. The van der Waals surface area contributed by atoms with E-state index in [0.717, 1.165) is 4.90 Å². The van der Waals surface area contributed by atoms with E-state index in [2.05, 4.69) is 4.74 Å². The third-order valence-electron chi connectivity index (χ3n) is 2.85. The highest BCUT2D eigenvalue weighted by Gasteiger charge is 2.39. The number of esters is 1. The van der Waals surface area contributed by atoms with Crippen LogP contribution in [0, 0.1) is 0 Å². The third kappa shape index (κ3) is 1.81. The van der Waals surface area contributed by atoms with Gasteiger partial charge < -0.3 is 9.84 Å². The number of rotatable bonds is 1. The van der Waals surface area contributed by atoms with Crippen molar-refractivity contribution in [1.29, 1.82) is 0 Å². The Hall–Kier alpha value is -2.37. The van der Waals surface area contributed by atoms with Crippen LogP contribution in [0.25, 0.3) is 0 Å². The number of nitrogens with zero attached hydrogens (tertiary/aromatic N) is 1. The first-order valence-corrected chi connectivity index (χ1v) is 5.25. The SMILES string of the molecule is COC(=O)C1c2ccccc2C(=O)CN1C(=O)O. The fraction of sp³-hybridized carbons (Fsp3) is 0.250. The molecule has 0 aromatic heterocycles. The molecule has 94 valence electrons. The van der Waals surface area contributed by atoms with Crippen LogP contribution >= 0.6 is 0 Å². The number of Topliss-reactive ketones (excluding diaryl/α,β-unsaturated/α-hetero) is 1. The zero-order valence-electron chi connectivity index (χ0n) is 9.62. The molecule has 1 atom stereocenters. The smallest absolute Gasteiger partial charge is 0.408 e. The Labute approximate surface area is 103 Å². The van der Waals surface area contributed by atoms with Crippen LogP contribution in [0.4, 0.5) is 4.79 Å². The molecular weight excluding hydrogens is 238 g/mol. The summed E-state index contributed by atoms with van der Waals surface area (Å²) in [5.74, 6) is -1.02. The molecule has 2 rings (SSSR count). The van der Waals surface area contributed by atoms with E-state index in [-0.39, 0.29) is 12.3 Å². The number of ketones is 1. The van der Waals surface area contributed by atoms with Gasteiger partial charge in [0.2, 0.25) is 0 Å². The van der Waals surface area contributed by atoms with Gasteiger partial charge >= 0.3 is 12.1 Å². The molecule has 1 amide bonds. The lowest BCUT2D eigenvalue weighted by Gasteiger charge is -2.32. The number of hydrogen-bond donors (Lipinski definition) is 1. The number of carbonyl (C=O) groups is 3. The number of benzene rings is 1. The second-order valence-electron chi connectivity index (χ2n) is 3.85. The molecule has 1 unspecified atom stereocenters. The van der Waals surface area contributed by atoms with Crippen molar-refractivity contribution in [2.45, 2.75) is 6.04 Å². The number of methoxy groups -OCH3 is 1. The van der Waals surface area contributed by atoms with Gasteiger partial charge in [0.1, 0.15) is 0 Å². The molecule has 1 aromatic rings. The molecule has 0 saturated carbocycles. The number of fused-ring (bicyclic) bond motifs is 1. The van der Waals surface area contributed by atoms with Crippen LogP contribution in [-0.4, -0.2) is 41.5 Å². The summed E-state index contributed by atoms with van der Waals surface area (Å²) in [4.78, 5) is 35.4. The summed E-state index contributed by atoms with van der Waals surface area (Å²) in [6, 6.07) is 5.37. The van der Waals surface area contributed by atoms with Crippen LogP contribution in [-0.2, 0) is 9.53 Å². The monoisotopic (exact) mass is 249 g/mol. The maximum Gasteiger partial charge on any atom is 0.408 e. The first-order valence-electron chi connectivity index (χ1n) is 5.25. The van der Waals surface area contributed by atoms with Crippen molar-refractivity contribution in [3.63, 3.8) is 0 Å². The highest BCUT2D eigenvalue weighted by atomic mass is 16.5. The molecule has 6 nitrogen and oxygen atoms in total. The second kappa shape index (κ2) is 4.48. The Bertz CT molecular complexity index is 525. The van der Waals surface area contributed by atoms with Crippen molar-refractivity contribution >= 4 is 17.8 Å². The van der Waals surface area contributed by atoms with E-state index in [4.69, 9.17) is 5.11 Å². The highest BCUT2D eigenvalue weighted by Crippen LogP contribution is 2.30. The van der Waals surface area contributed by atoms with Gasteiger partial charge in [-0.25, -0.2) is 9.59 Å². The predicted octanol–water partition coefficient (Wildman–Crippen LogP) is 1.08.